The second-order valence-electron chi connectivity index (χ2n) is 4.55. The number of aromatic nitrogens is 1. The first-order valence-corrected chi connectivity index (χ1v) is 7.63. The molecule has 1 aromatic carbocycles. The Labute approximate surface area is 134 Å². The molecule has 6 heteroatoms. The highest BCUT2D eigenvalue weighted by molar-refractivity contribution is 7.19. The van der Waals surface area contributed by atoms with Gasteiger partial charge in [0, 0.05) is 5.39 Å². The van der Waals surface area contributed by atoms with Gasteiger partial charge < -0.3 is 5.11 Å². The minimum absolute atomic E-state index is 0.147. The van der Waals surface area contributed by atoms with E-state index in [1.165, 1.54) is 17.4 Å². The Kier molecular flexibility index (Phi) is 3.61. The second-order valence-corrected chi connectivity index (χ2v) is 6.67. The lowest BCUT2D eigenvalue weighted by atomic mass is 10.0. The van der Waals surface area contributed by atoms with Gasteiger partial charge in [-0.2, -0.15) is 0 Å². The number of nitrogens with zero attached hydrogens (tertiary/aromatic N) is 1. The molecule has 2 heterocycles. The predicted molar refractivity (Wildman–Crippen MR) is 86.8 cm³/mol. The predicted octanol–water partition coefficient (Wildman–Crippen LogP) is 5.28. The van der Waals surface area contributed by atoms with E-state index in [2.05, 4.69) is 4.98 Å². The van der Waals surface area contributed by atoms with Crippen LogP contribution >= 0.6 is 34.5 Å². The molecule has 1 N–H and O–H groups in total. The van der Waals surface area contributed by atoms with E-state index in [0.29, 0.717) is 26.0 Å². The van der Waals surface area contributed by atoms with Crippen molar-refractivity contribution in [3.63, 3.8) is 0 Å². The molecule has 0 aliphatic rings. The fraction of sp³-hybridized carbons (Fsp3) is 0.0667. The van der Waals surface area contributed by atoms with E-state index in [1.807, 2.05) is 19.1 Å². The molecule has 0 saturated heterocycles. The van der Waals surface area contributed by atoms with Gasteiger partial charge in [0.15, 0.2) is 0 Å². The molecule has 21 heavy (non-hydrogen) atoms. The fourth-order valence-corrected chi connectivity index (χ4v) is 3.44. The smallest absolute Gasteiger partial charge is 0.336 e. The number of carboxylic acid groups (broad SMARTS) is 1. The summed E-state index contributed by atoms with van der Waals surface area (Å²) < 4.78 is 0.631. The molecule has 0 saturated carbocycles. The Morgan fingerprint density at radius 3 is 2.62 bits per heavy atom. The minimum atomic E-state index is -1.03. The van der Waals surface area contributed by atoms with Crippen molar-refractivity contribution in [2.45, 2.75) is 6.92 Å². The van der Waals surface area contributed by atoms with Gasteiger partial charge in [0.2, 0.25) is 0 Å². The third-order valence-corrected chi connectivity index (χ3v) is 4.74. The fourth-order valence-electron chi connectivity index (χ4n) is 2.18. The van der Waals surface area contributed by atoms with Gasteiger partial charge in [0.1, 0.15) is 0 Å². The largest absolute Gasteiger partial charge is 0.478 e. The number of carbonyl (C=O) groups is 1. The third kappa shape index (κ3) is 2.50. The van der Waals surface area contributed by atoms with E-state index >= 15 is 0 Å². The number of hydrogen-bond donors (Lipinski definition) is 1. The summed E-state index contributed by atoms with van der Waals surface area (Å²) >= 11 is 13.5. The Bertz CT molecular complexity index is 873. The monoisotopic (exact) mass is 337 g/mol. The molecule has 3 aromatic rings. The zero-order valence-corrected chi connectivity index (χ0v) is 13.2. The molecule has 106 valence electrons. The average Bonchev–Trinajstić information content (AvgIpc) is 2.88. The van der Waals surface area contributed by atoms with Crippen LogP contribution in [0.3, 0.4) is 0 Å². The van der Waals surface area contributed by atoms with Crippen molar-refractivity contribution in [3.8, 4) is 10.6 Å². The van der Waals surface area contributed by atoms with Gasteiger partial charge in [-0.25, -0.2) is 9.78 Å². The summed E-state index contributed by atoms with van der Waals surface area (Å²) in [7, 11) is 0. The molecule has 2 aromatic heterocycles. The van der Waals surface area contributed by atoms with Gasteiger partial charge in [-0.1, -0.05) is 29.3 Å². The molecule has 0 unspecified atom stereocenters. The molecule has 0 radical (unpaired) electrons. The Balaban J connectivity index is 2.40. The highest BCUT2D eigenvalue weighted by Gasteiger charge is 2.17. The SMILES string of the molecule is Cc1ccc(Cl)c2c(C(=O)O)cc(-c3ccc(Cl)s3)nc12. The number of aromatic carboxylic acids is 1. The minimum Gasteiger partial charge on any atom is -0.478 e. The quantitative estimate of drug-likeness (QED) is 0.692. The highest BCUT2D eigenvalue weighted by Crippen LogP contribution is 2.35. The van der Waals surface area contributed by atoms with Crippen LogP contribution in [-0.4, -0.2) is 16.1 Å². The van der Waals surface area contributed by atoms with Crippen LogP contribution in [-0.2, 0) is 0 Å². The van der Waals surface area contributed by atoms with Crippen LogP contribution in [0, 0.1) is 6.92 Å². The summed E-state index contributed by atoms with van der Waals surface area (Å²) in [5.74, 6) is -1.03. The van der Waals surface area contributed by atoms with Crippen LogP contribution in [0.1, 0.15) is 15.9 Å². The summed E-state index contributed by atoms with van der Waals surface area (Å²) in [5.41, 5.74) is 2.21. The average molecular weight is 338 g/mol. The van der Waals surface area contributed by atoms with E-state index in [9.17, 15) is 9.90 Å². The summed E-state index contributed by atoms with van der Waals surface area (Å²) in [4.78, 5) is 16.9. The van der Waals surface area contributed by atoms with Crippen LogP contribution in [0.4, 0.5) is 0 Å². The first-order valence-electron chi connectivity index (χ1n) is 6.06. The molecular weight excluding hydrogens is 329 g/mol. The standard InChI is InChI=1S/C15H9Cl2NO2S/c1-7-2-3-9(16)13-8(15(19)20)6-10(18-14(7)13)11-4-5-12(17)21-11/h2-6H,1H3,(H,19,20). The summed E-state index contributed by atoms with van der Waals surface area (Å²) in [6.07, 6.45) is 0. The molecule has 3 nitrogen and oxygen atoms in total. The Hall–Kier alpha value is -1.62. The van der Waals surface area contributed by atoms with Gasteiger partial charge in [0.25, 0.3) is 0 Å². The van der Waals surface area contributed by atoms with Crippen molar-refractivity contribution in [1.82, 2.24) is 4.98 Å². The topological polar surface area (TPSA) is 50.2 Å². The van der Waals surface area contributed by atoms with Gasteiger partial charge in [0.05, 0.1) is 31.0 Å². The van der Waals surface area contributed by atoms with Crippen LogP contribution in [0.25, 0.3) is 21.5 Å². The number of thiophene rings is 1. The number of hydrogen-bond acceptors (Lipinski definition) is 3. The summed E-state index contributed by atoms with van der Waals surface area (Å²) in [5, 5.41) is 10.3. The van der Waals surface area contributed by atoms with E-state index in [0.717, 1.165) is 10.4 Å². The number of pyridine rings is 1. The van der Waals surface area contributed by atoms with E-state index in [-0.39, 0.29) is 5.56 Å². The van der Waals surface area contributed by atoms with Crippen molar-refractivity contribution in [3.05, 3.63) is 50.8 Å². The van der Waals surface area contributed by atoms with E-state index in [4.69, 9.17) is 23.2 Å². The number of benzene rings is 1. The Morgan fingerprint density at radius 1 is 1.24 bits per heavy atom. The first-order chi connectivity index (χ1) is 9.97. The molecule has 0 aliphatic carbocycles. The number of halogens is 2. The van der Waals surface area contributed by atoms with Crippen LogP contribution in [0.2, 0.25) is 9.36 Å². The maximum absolute atomic E-state index is 11.6. The van der Waals surface area contributed by atoms with Gasteiger partial charge >= 0.3 is 5.97 Å². The number of rotatable bonds is 2. The lowest BCUT2D eigenvalue weighted by Gasteiger charge is -2.09. The van der Waals surface area contributed by atoms with Gasteiger partial charge in [-0.05, 0) is 36.8 Å². The zero-order valence-electron chi connectivity index (χ0n) is 10.9. The molecule has 0 amide bonds. The van der Waals surface area contributed by atoms with Crippen molar-refractivity contribution in [2.75, 3.05) is 0 Å². The lowest BCUT2D eigenvalue weighted by Crippen LogP contribution is -2.01. The molecule has 0 spiro atoms. The van der Waals surface area contributed by atoms with Crippen LogP contribution in [0.15, 0.2) is 30.3 Å². The molecule has 3 rings (SSSR count). The second kappa shape index (κ2) is 5.30. The van der Waals surface area contributed by atoms with Crippen molar-refractivity contribution in [2.24, 2.45) is 0 Å². The highest BCUT2D eigenvalue weighted by atomic mass is 35.5. The lowest BCUT2D eigenvalue weighted by molar-refractivity contribution is 0.0699. The Morgan fingerprint density at radius 2 is 2.00 bits per heavy atom. The molecule has 0 fully saturated rings. The summed E-state index contributed by atoms with van der Waals surface area (Å²) in [6, 6.07) is 8.65. The maximum atomic E-state index is 11.6. The van der Waals surface area contributed by atoms with Crippen molar-refractivity contribution >= 4 is 51.4 Å². The van der Waals surface area contributed by atoms with E-state index < -0.39 is 5.97 Å². The van der Waals surface area contributed by atoms with Gasteiger partial charge in [-0.3, -0.25) is 0 Å². The summed E-state index contributed by atoms with van der Waals surface area (Å²) in [6.45, 7) is 1.88. The third-order valence-electron chi connectivity index (χ3n) is 3.17. The normalized spacial score (nSPS) is 11.0. The van der Waals surface area contributed by atoms with Crippen molar-refractivity contribution < 1.29 is 9.90 Å². The van der Waals surface area contributed by atoms with Gasteiger partial charge in [-0.15, -0.1) is 11.3 Å². The zero-order chi connectivity index (χ0) is 15.1. The molecule has 0 atom stereocenters. The van der Waals surface area contributed by atoms with E-state index in [1.54, 1.807) is 12.1 Å². The van der Waals surface area contributed by atoms with Crippen LogP contribution in [0.5, 0.6) is 0 Å². The van der Waals surface area contributed by atoms with Crippen molar-refractivity contribution in [1.29, 1.82) is 0 Å². The maximum Gasteiger partial charge on any atom is 0.336 e. The molecule has 0 aliphatic heterocycles. The first kappa shape index (κ1) is 14.3. The number of fused-ring (bicyclic) bond motifs is 1. The number of aryl methyl sites for hydroxylation is 1. The molecule has 0 bridgehead atoms. The number of carboxylic acids is 1. The van der Waals surface area contributed by atoms with Crippen LogP contribution < -0.4 is 0 Å². The molecular formula is C15H9Cl2NO2S.